The molecule has 3 heterocycles. The molecule has 0 fully saturated rings. The lowest BCUT2D eigenvalue weighted by Gasteiger charge is -2.18. The second-order valence-corrected chi connectivity index (χ2v) is 15.2. The molecule has 6 nitrogen and oxygen atoms in total. The van der Waals surface area contributed by atoms with Crippen LogP contribution in [0.15, 0.2) is 207 Å². The molecule has 61 heavy (non-hydrogen) atoms. The summed E-state index contributed by atoms with van der Waals surface area (Å²) in [6, 6.07) is 64.7. The van der Waals surface area contributed by atoms with Gasteiger partial charge in [-0.15, -0.1) is 0 Å². The molecule has 7 aromatic carbocycles. The number of benzene rings is 7. The Hall–Kier alpha value is -8.09. The minimum atomic E-state index is 0.216. The molecule has 0 saturated carbocycles. The molecule has 292 valence electrons. The molecule has 1 N–H and O–H groups in total. The van der Waals surface area contributed by atoms with Gasteiger partial charge in [0.2, 0.25) is 0 Å². The Morgan fingerprint density at radius 2 is 0.770 bits per heavy atom. The highest BCUT2D eigenvalue weighted by Gasteiger charge is 2.20. The second kappa shape index (κ2) is 15.9. The third kappa shape index (κ3) is 7.10. The van der Waals surface area contributed by atoms with Crippen molar-refractivity contribution in [3.05, 3.63) is 218 Å². The molecule has 10 rings (SSSR count). The molecule has 0 radical (unpaired) electrons. The molecule has 3 aromatic heterocycles. The minimum absolute atomic E-state index is 0.216. The highest BCUT2D eigenvalue weighted by molar-refractivity contribution is 5.94. The standard InChI is InChI=1S/C55H41N5O/c1-37-53(35-57-59(37)44-17-5-3-6-18-44)51-26-13-11-24-49(51)42-30-41(48-23-10-9-22-47(48)40-28-29-55(56-34-40)39-16-15-21-46(61)33-39)31-43(32-42)50-25-12-14-27-52(50)54-36-58-60(38(54)2)45-19-7-4-8-20-45/h3-36,61H,1-2H3. The van der Waals surface area contributed by atoms with Crippen LogP contribution in [0.2, 0.25) is 0 Å². The van der Waals surface area contributed by atoms with E-state index in [9.17, 15) is 5.11 Å². The summed E-state index contributed by atoms with van der Waals surface area (Å²) in [5, 5.41) is 19.9. The van der Waals surface area contributed by atoms with Crippen molar-refractivity contribution in [1.29, 1.82) is 0 Å². The topological polar surface area (TPSA) is 68.8 Å². The van der Waals surface area contributed by atoms with Crippen molar-refractivity contribution in [1.82, 2.24) is 24.5 Å². The molecule has 0 bridgehead atoms. The van der Waals surface area contributed by atoms with E-state index in [1.807, 2.05) is 82.6 Å². The largest absolute Gasteiger partial charge is 0.508 e. The first kappa shape index (κ1) is 37.2. The smallest absolute Gasteiger partial charge is 0.116 e. The highest BCUT2D eigenvalue weighted by Crippen LogP contribution is 2.43. The lowest BCUT2D eigenvalue weighted by molar-refractivity contribution is 0.475. The Morgan fingerprint density at radius 3 is 1.21 bits per heavy atom. The van der Waals surface area contributed by atoms with Crippen LogP contribution >= 0.6 is 0 Å². The van der Waals surface area contributed by atoms with Crippen LogP contribution in [0.1, 0.15) is 11.4 Å². The van der Waals surface area contributed by atoms with Crippen LogP contribution in [-0.2, 0) is 0 Å². The summed E-state index contributed by atoms with van der Waals surface area (Å²) in [5.41, 5.74) is 18.9. The van der Waals surface area contributed by atoms with Gasteiger partial charge in [0.05, 0.1) is 29.5 Å². The molecule has 0 aliphatic rings. The van der Waals surface area contributed by atoms with Gasteiger partial charge < -0.3 is 5.11 Å². The summed E-state index contributed by atoms with van der Waals surface area (Å²) in [7, 11) is 0. The zero-order valence-corrected chi connectivity index (χ0v) is 33.8. The summed E-state index contributed by atoms with van der Waals surface area (Å²) in [6.45, 7) is 4.27. The van der Waals surface area contributed by atoms with Gasteiger partial charge >= 0.3 is 0 Å². The Bertz CT molecular complexity index is 3020. The molecular formula is C55H41N5O. The van der Waals surface area contributed by atoms with Crippen molar-refractivity contribution in [3.63, 3.8) is 0 Å². The maximum atomic E-state index is 10.1. The number of nitrogens with zero attached hydrogens (tertiary/aromatic N) is 5. The minimum Gasteiger partial charge on any atom is -0.508 e. The first-order valence-electron chi connectivity index (χ1n) is 20.4. The number of phenols is 1. The molecule has 0 aliphatic carbocycles. The predicted octanol–water partition coefficient (Wildman–Crippen LogP) is 13.4. The van der Waals surface area contributed by atoms with Crippen molar-refractivity contribution < 1.29 is 5.11 Å². The SMILES string of the molecule is Cc1c(-c2ccccc2-c2cc(-c3ccccc3-c3ccc(-c4cccc(O)c4)nc3)cc(-c3ccccc3-c3cnn(-c4ccccc4)c3C)c2)cnn1-c1ccccc1. The van der Waals surface area contributed by atoms with Crippen LogP contribution in [-0.4, -0.2) is 29.7 Å². The zero-order valence-electron chi connectivity index (χ0n) is 33.8. The summed E-state index contributed by atoms with van der Waals surface area (Å²) < 4.78 is 4.02. The Labute approximate surface area is 355 Å². The van der Waals surface area contributed by atoms with E-state index in [1.165, 1.54) is 0 Å². The number of hydrogen-bond acceptors (Lipinski definition) is 4. The molecule has 0 saturated heterocycles. The number of para-hydroxylation sites is 2. The van der Waals surface area contributed by atoms with Gasteiger partial charge in [-0.05, 0) is 125 Å². The fourth-order valence-electron chi connectivity index (χ4n) is 8.42. The fourth-order valence-corrected chi connectivity index (χ4v) is 8.42. The van der Waals surface area contributed by atoms with E-state index >= 15 is 0 Å². The molecule has 10 aromatic rings. The van der Waals surface area contributed by atoms with E-state index < -0.39 is 0 Å². The van der Waals surface area contributed by atoms with Crippen molar-refractivity contribution >= 4 is 0 Å². The van der Waals surface area contributed by atoms with Gasteiger partial charge in [-0.1, -0.05) is 127 Å². The molecule has 0 atom stereocenters. The third-order valence-corrected chi connectivity index (χ3v) is 11.5. The third-order valence-electron chi connectivity index (χ3n) is 11.5. The van der Waals surface area contributed by atoms with Crippen LogP contribution in [0.3, 0.4) is 0 Å². The molecule has 0 aliphatic heterocycles. The van der Waals surface area contributed by atoms with Gasteiger partial charge in [0.1, 0.15) is 5.75 Å². The van der Waals surface area contributed by atoms with Crippen LogP contribution in [0.5, 0.6) is 5.75 Å². The Balaban J connectivity index is 1.15. The zero-order chi connectivity index (χ0) is 41.3. The van der Waals surface area contributed by atoms with Gasteiger partial charge in [0.15, 0.2) is 0 Å². The van der Waals surface area contributed by atoms with Gasteiger partial charge in [-0.2, -0.15) is 10.2 Å². The number of aromatic nitrogens is 5. The average molecular weight is 788 g/mol. The number of hydrogen-bond donors (Lipinski definition) is 1. The van der Waals surface area contributed by atoms with E-state index in [-0.39, 0.29) is 5.75 Å². The van der Waals surface area contributed by atoms with E-state index in [1.54, 1.807) is 12.1 Å². The Kier molecular flexibility index (Phi) is 9.71. The maximum Gasteiger partial charge on any atom is 0.116 e. The second-order valence-electron chi connectivity index (χ2n) is 15.2. The molecule has 0 unspecified atom stereocenters. The van der Waals surface area contributed by atoms with Gasteiger partial charge in [0, 0.05) is 39.8 Å². The first-order chi connectivity index (χ1) is 30.0. The highest BCUT2D eigenvalue weighted by atomic mass is 16.3. The predicted molar refractivity (Wildman–Crippen MR) is 248 cm³/mol. The Morgan fingerprint density at radius 1 is 0.344 bits per heavy atom. The lowest BCUT2D eigenvalue weighted by Crippen LogP contribution is -1.98. The van der Waals surface area contributed by atoms with Crippen molar-refractivity contribution in [3.8, 4) is 95.1 Å². The average Bonchev–Trinajstić information content (AvgIpc) is 3.91. The normalized spacial score (nSPS) is 11.2. The molecule has 0 amide bonds. The van der Waals surface area contributed by atoms with Crippen LogP contribution in [0.25, 0.3) is 89.4 Å². The van der Waals surface area contributed by atoms with E-state index in [0.717, 1.165) is 101 Å². The summed E-state index contributed by atoms with van der Waals surface area (Å²) >= 11 is 0. The first-order valence-corrected chi connectivity index (χ1v) is 20.4. The van der Waals surface area contributed by atoms with Crippen molar-refractivity contribution in [2.75, 3.05) is 0 Å². The summed E-state index contributed by atoms with van der Waals surface area (Å²) in [5.74, 6) is 0.216. The summed E-state index contributed by atoms with van der Waals surface area (Å²) in [4.78, 5) is 4.86. The van der Waals surface area contributed by atoms with Crippen molar-refractivity contribution in [2.45, 2.75) is 13.8 Å². The van der Waals surface area contributed by atoms with Crippen LogP contribution in [0, 0.1) is 13.8 Å². The number of phenolic OH excluding ortho intramolecular Hbond substituents is 1. The van der Waals surface area contributed by atoms with E-state index in [0.29, 0.717) is 0 Å². The quantitative estimate of drug-likeness (QED) is 0.158. The van der Waals surface area contributed by atoms with Gasteiger partial charge in [-0.3, -0.25) is 4.98 Å². The lowest BCUT2D eigenvalue weighted by atomic mass is 9.86. The monoisotopic (exact) mass is 787 g/mol. The molecule has 6 heteroatoms. The van der Waals surface area contributed by atoms with Gasteiger partial charge in [0.25, 0.3) is 0 Å². The fraction of sp³-hybridized carbons (Fsp3) is 0.0364. The summed E-state index contributed by atoms with van der Waals surface area (Å²) in [6.07, 6.45) is 5.89. The van der Waals surface area contributed by atoms with E-state index in [2.05, 4.69) is 135 Å². The van der Waals surface area contributed by atoms with Crippen LogP contribution in [0.4, 0.5) is 0 Å². The number of pyridine rings is 1. The molecule has 0 spiro atoms. The molecular weight excluding hydrogens is 747 g/mol. The van der Waals surface area contributed by atoms with Gasteiger partial charge in [-0.25, -0.2) is 9.36 Å². The van der Waals surface area contributed by atoms with Crippen LogP contribution < -0.4 is 0 Å². The number of rotatable bonds is 9. The van der Waals surface area contributed by atoms with E-state index in [4.69, 9.17) is 15.2 Å². The van der Waals surface area contributed by atoms with Crippen molar-refractivity contribution in [2.24, 2.45) is 0 Å². The number of aromatic hydroxyl groups is 1. The maximum absolute atomic E-state index is 10.1.